The smallest absolute Gasteiger partial charge is 0.322 e. The Balaban J connectivity index is 1.80. The lowest BCUT2D eigenvalue weighted by atomic mass is 9.99. The number of hydrogen-bond donors (Lipinski definition) is 1. The summed E-state index contributed by atoms with van der Waals surface area (Å²) in [6.07, 6.45) is 0.731. The van der Waals surface area contributed by atoms with E-state index in [9.17, 15) is 9.59 Å². The quantitative estimate of drug-likeness (QED) is 0.833. The van der Waals surface area contributed by atoms with E-state index in [-0.39, 0.29) is 18.5 Å². The van der Waals surface area contributed by atoms with Gasteiger partial charge in [-0.15, -0.1) is 11.3 Å². The molecule has 0 saturated carbocycles. The first kappa shape index (κ1) is 12.0. The highest BCUT2D eigenvalue weighted by Crippen LogP contribution is 2.33. The van der Waals surface area contributed by atoms with Gasteiger partial charge in [-0.2, -0.15) is 11.8 Å². The first-order chi connectivity index (χ1) is 8.61. The van der Waals surface area contributed by atoms with Gasteiger partial charge in [0.2, 0.25) is 0 Å². The largest absolute Gasteiger partial charge is 0.325 e. The van der Waals surface area contributed by atoms with Gasteiger partial charge < -0.3 is 5.32 Å². The second kappa shape index (κ2) is 4.24. The number of imide groups is 1. The number of rotatable bonds is 2. The van der Waals surface area contributed by atoms with E-state index >= 15 is 0 Å². The van der Waals surface area contributed by atoms with Crippen molar-refractivity contribution in [2.24, 2.45) is 0 Å². The Morgan fingerprint density at radius 3 is 3.00 bits per heavy atom. The van der Waals surface area contributed by atoms with Crippen LogP contribution >= 0.6 is 23.1 Å². The molecule has 1 unspecified atom stereocenters. The van der Waals surface area contributed by atoms with Crippen molar-refractivity contribution in [2.75, 3.05) is 11.5 Å². The Morgan fingerprint density at radius 2 is 2.39 bits per heavy atom. The predicted octanol–water partition coefficient (Wildman–Crippen LogP) is 1.38. The summed E-state index contributed by atoms with van der Waals surface area (Å²) in [4.78, 5) is 29.9. The molecule has 3 amide bonds. The number of carbonyl (C=O) groups excluding carboxylic acids is 2. The van der Waals surface area contributed by atoms with E-state index in [2.05, 4.69) is 10.3 Å². The average molecular weight is 283 g/mol. The van der Waals surface area contributed by atoms with Crippen LogP contribution in [0.2, 0.25) is 0 Å². The minimum Gasteiger partial charge on any atom is -0.322 e. The molecule has 1 spiro atoms. The van der Waals surface area contributed by atoms with Crippen molar-refractivity contribution >= 4 is 35.0 Å². The Hall–Kier alpha value is -1.08. The maximum absolute atomic E-state index is 12.4. The van der Waals surface area contributed by atoms with E-state index in [1.165, 1.54) is 16.2 Å². The molecule has 0 aromatic carbocycles. The number of aromatic nitrogens is 1. The zero-order chi connectivity index (χ0) is 12.8. The Morgan fingerprint density at radius 1 is 1.56 bits per heavy atom. The van der Waals surface area contributed by atoms with E-state index in [4.69, 9.17) is 0 Å². The number of urea groups is 1. The molecule has 0 bridgehead atoms. The highest BCUT2D eigenvalue weighted by molar-refractivity contribution is 7.99. The lowest BCUT2D eigenvalue weighted by Crippen LogP contribution is -2.46. The number of thioether (sulfide) groups is 1. The van der Waals surface area contributed by atoms with Crippen LogP contribution in [0.5, 0.6) is 0 Å². The van der Waals surface area contributed by atoms with Gasteiger partial charge in [0.05, 0.1) is 17.2 Å². The molecule has 0 aliphatic carbocycles. The number of carbonyl (C=O) groups is 2. The minimum atomic E-state index is -0.646. The molecule has 5 nitrogen and oxygen atoms in total. The van der Waals surface area contributed by atoms with Crippen molar-refractivity contribution in [3.8, 4) is 0 Å². The van der Waals surface area contributed by atoms with Crippen molar-refractivity contribution < 1.29 is 9.59 Å². The first-order valence-corrected chi connectivity index (χ1v) is 7.77. The second-order valence-corrected chi connectivity index (χ2v) is 6.73. The van der Waals surface area contributed by atoms with E-state index in [1.54, 1.807) is 11.8 Å². The summed E-state index contributed by atoms with van der Waals surface area (Å²) in [5.74, 6) is 1.52. The van der Waals surface area contributed by atoms with Crippen LogP contribution in [0, 0.1) is 6.92 Å². The Bertz CT molecular complexity index is 508. The van der Waals surface area contributed by atoms with Crippen LogP contribution in [0.15, 0.2) is 5.38 Å². The molecule has 1 aromatic heterocycles. The molecule has 18 heavy (non-hydrogen) atoms. The van der Waals surface area contributed by atoms with Gasteiger partial charge in [0.25, 0.3) is 5.91 Å². The molecular formula is C11H13N3O2S2. The molecule has 0 radical (unpaired) electrons. The van der Waals surface area contributed by atoms with Gasteiger partial charge >= 0.3 is 6.03 Å². The molecule has 2 aliphatic heterocycles. The van der Waals surface area contributed by atoms with Crippen molar-refractivity contribution in [3.05, 3.63) is 16.1 Å². The highest BCUT2D eigenvalue weighted by Gasteiger charge is 2.52. The number of thiazole rings is 1. The van der Waals surface area contributed by atoms with Crippen molar-refractivity contribution in [1.82, 2.24) is 15.2 Å². The predicted molar refractivity (Wildman–Crippen MR) is 70.6 cm³/mol. The molecule has 3 heterocycles. The molecule has 2 saturated heterocycles. The number of aryl methyl sites for hydroxylation is 1. The minimum absolute atomic E-state index is 0.0943. The molecule has 1 N–H and O–H groups in total. The fourth-order valence-corrected chi connectivity index (χ4v) is 4.22. The standard InChI is InChI=1S/C11H13N3O2S2/c1-7-12-8(5-18-7)4-14-9(15)11(13-10(14)16)2-3-17-6-11/h5H,2-4,6H2,1H3,(H,13,16). The summed E-state index contributed by atoms with van der Waals surface area (Å²) in [6, 6.07) is -0.284. The fourth-order valence-electron chi connectivity index (χ4n) is 2.29. The number of nitrogens with one attached hydrogen (secondary N) is 1. The second-order valence-electron chi connectivity index (χ2n) is 4.56. The Labute approximate surface area is 113 Å². The molecule has 1 aromatic rings. The average Bonchev–Trinajstić information content (AvgIpc) is 2.99. The number of nitrogens with zero attached hydrogens (tertiary/aromatic N) is 2. The molecule has 1 atom stereocenters. The first-order valence-electron chi connectivity index (χ1n) is 5.74. The third-order valence-electron chi connectivity index (χ3n) is 3.25. The lowest BCUT2D eigenvalue weighted by molar-refractivity contribution is -0.130. The lowest BCUT2D eigenvalue weighted by Gasteiger charge is -2.18. The SMILES string of the molecule is Cc1nc(CN2C(=O)NC3(CCSC3)C2=O)cs1. The summed E-state index contributed by atoms with van der Waals surface area (Å²) in [5.41, 5.74) is 0.135. The Kier molecular flexibility index (Phi) is 2.82. The van der Waals surface area contributed by atoms with Gasteiger partial charge in [0.1, 0.15) is 5.54 Å². The van der Waals surface area contributed by atoms with Crippen molar-refractivity contribution in [2.45, 2.75) is 25.4 Å². The van der Waals surface area contributed by atoms with Crippen LogP contribution in [0.25, 0.3) is 0 Å². The molecular weight excluding hydrogens is 270 g/mol. The summed E-state index contributed by atoms with van der Waals surface area (Å²) in [5, 5.41) is 5.69. The zero-order valence-electron chi connectivity index (χ0n) is 9.93. The summed E-state index contributed by atoms with van der Waals surface area (Å²) < 4.78 is 0. The summed E-state index contributed by atoms with van der Waals surface area (Å²) >= 11 is 3.24. The van der Waals surface area contributed by atoms with Crippen LogP contribution in [0.4, 0.5) is 4.79 Å². The van der Waals surface area contributed by atoms with Crippen LogP contribution in [0.1, 0.15) is 17.1 Å². The van der Waals surface area contributed by atoms with Crippen LogP contribution in [-0.4, -0.2) is 38.9 Å². The van der Waals surface area contributed by atoms with E-state index in [0.717, 1.165) is 22.9 Å². The van der Waals surface area contributed by atoms with Gasteiger partial charge in [0, 0.05) is 11.1 Å². The van der Waals surface area contributed by atoms with Gasteiger partial charge in [-0.05, 0) is 19.1 Å². The van der Waals surface area contributed by atoms with E-state index in [1.807, 2.05) is 12.3 Å². The number of amides is 3. The molecule has 96 valence electrons. The van der Waals surface area contributed by atoms with Crippen LogP contribution in [-0.2, 0) is 11.3 Å². The van der Waals surface area contributed by atoms with Gasteiger partial charge in [-0.1, -0.05) is 0 Å². The molecule has 7 heteroatoms. The fraction of sp³-hybridized carbons (Fsp3) is 0.545. The van der Waals surface area contributed by atoms with E-state index < -0.39 is 5.54 Å². The van der Waals surface area contributed by atoms with Crippen molar-refractivity contribution in [3.63, 3.8) is 0 Å². The van der Waals surface area contributed by atoms with Gasteiger partial charge in [0.15, 0.2) is 0 Å². The molecule has 3 rings (SSSR count). The normalized spacial score (nSPS) is 27.3. The molecule has 2 aliphatic rings. The van der Waals surface area contributed by atoms with E-state index in [0.29, 0.717) is 5.75 Å². The third-order valence-corrected chi connectivity index (χ3v) is 5.27. The number of hydrogen-bond acceptors (Lipinski definition) is 5. The summed E-state index contributed by atoms with van der Waals surface area (Å²) in [6.45, 7) is 2.19. The molecule has 2 fully saturated rings. The third kappa shape index (κ3) is 1.81. The van der Waals surface area contributed by atoms with Gasteiger partial charge in [-0.3, -0.25) is 9.69 Å². The topological polar surface area (TPSA) is 62.3 Å². The van der Waals surface area contributed by atoms with Crippen molar-refractivity contribution in [1.29, 1.82) is 0 Å². The van der Waals surface area contributed by atoms with Gasteiger partial charge in [-0.25, -0.2) is 9.78 Å². The zero-order valence-corrected chi connectivity index (χ0v) is 11.6. The summed E-state index contributed by atoms with van der Waals surface area (Å²) in [7, 11) is 0. The maximum Gasteiger partial charge on any atom is 0.325 e. The monoisotopic (exact) mass is 283 g/mol. The van der Waals surface area contributed by atoms with Crippen LogP contribution < -0.4 is 5.32 Å². The highest BCUT2D eigenvalue weighted by atomic mass is 32.2. The van der Waals surface area contributed by atoms with Crippen LogP contribution in [0.3, 0.4) is 0 Å². The maximum atomic E-state index is 12.4.